The highest BCUT2D eigenvalue weighted by molar-refractivity contribution is 9.10. The summed E-state index contributed by atoms with van der Waals surface area (Å²) in [6, 6.07) is 5.73. The van der Waals surface area contributed by atoms with Crippen molar-refractivity contribution >= 4 is 48.5 Å². The largest absolute Gasteiger partial charge is 0.488 e. The Morgan fingerprint density at radius 2 is 2.25 bits per heavy atom. The number of hydrogen-bond donors (Lipinski definition) is 1. The van der Waals surface area contributed by atoms with Crippen LogP contribution in [0.1, 0.15) is 33.1 Å². The Morgan fingerprint density at radius 1 is 1.46 bits per heavy atom. The van der Waals surface area contributed by atoms with E-state index in [2.05, 4.69) is 33.2 Å². The van der Waals surface area contributed by atoms with Crippen molar-refractivity contribution in [2.45, 2.75) is 44.0 Å². The molecule has 0 aliphatic rings. The van der Waals surface area contributed by atoms with Crippen LogP contribution in [0.25, 0.3) is 10.2 Å². The number of carbonyl (C=O) groups is 1. The second-order valence-electron chi connectivity index (χ2n) is 5.63. The number of halogens is 1. The first-order valence-corrected chi connectivity index (χ1v) is 9.77. The highest BCUT2D eigenvalue weighted by Crippen LogP contribution is 2.30. The number of methoxy groups -OCH3 is 1. The summed E-state index contributed by atoms with van der Waals surface area (Å²) < 4.78 is 11.8. The topological polar surface area (TPSA) is 60.5 Å². The van der Waals surface area contributed by atoms with Gasteiger partial charge in [0.25, 0.3) is 0 Å². The van der Waals surface area contributed by atoms with E-state index in [1.165, 1.54) is 11.3 Å². The fourth-order valence-corrected chi connectivity index (χ4v) is 3.57. The Labute approximate surface area is 154 Å². The molecule has 0 aliphatic carbocycles. The van der Waals surface area contributed by atoms with Gasteiger partial charge in [0, 0.05) is 7.11 Å². The van der Waals surface area contributed by atoms with E-state index in [0.29, 0.717) is 11.7 Å². The van der Waals surface area contributed by atoms with Gasteiger partial charge >= 0.3 is 0 Å². The van der Waals surface area contributed by atoms with E-state index in [1.807, 2.05) is 25.1 Å². The fourth-order valence-electron chi connectivity index (χ4n) is 2.23. The maximum absolute atomic E-state index is 12.1. The van der Waals surface area contributed by atoms with Gasteiger partial charge in [-0.2, -0.15) is 0 Å². The van der Waals surface area contributed by atoms with Crippen LogP contribution in [0.3, 0.4) is 0 Å². The molecular weight excluding hydrogens is 392 g/mol. The standard InChI is InChI=1S/C17H23BrN2O3S/c1-4-5-6-13(18)16(21)20-17-19-14-8-7-12(9-15(14)24-17)23-11(2)10-22-3/h7-9,11,13H,4-6,10H2,1-3H3,(H,19,20,21)/t11-,13-/m1/s1. The molecule has 7 heteroatoms. The Hall–Kier alpha value is -1.18. The van der Waals surface area contributed by atoms with Crippen LogP contribution in [0.15, 0.2) is 18.2 Å². The molecule has 0 saturated heterocycles. The maximum Gasteiger partial charge on any atom is 0.239 e. The van der Waals surface area contributed by atoms with E-state index >= 15 is 0 Å². The first-order valence-electron chi connectivity index (χ1n) is 8.04. The number of unbranched alkanes of at least 4 members (excludes halogenated alkanes) is 1. The Bertz CT molecular complexity index is 677. The van der Waals surface area contributed by atoms with E-state index in [9.17, 15) is 4.79 Å². The minimum absolute atomic E-state index is 0.0211. The molecule has 2 atom stereocenters. The first-order chi connectivity index (χ1) is 11.5. The van der Waals surface area contributed by atoms with Gasteiger partial charge in [-0.05, 0) is 31.5 Å². The van der Waals surface area contributed by atoms with Crippen LogP contribution in [0, 0.1) is 0 Å². The Balaban J connectivity index is 2.04. The maximum atomic E-state index is 12.1. The van der Waals surface area contributed by atoms with Gasteiger partial charge in [-0.3, -0.25) is 4.79 Å². The van der Waals surface area contributed by atoms with Crippen molar-refractivity contribution < 1.29 is 14.3 Å². The Morgan fingerprint density at radius 3 is 2.96 bits per heavy atom. The summed E-state index contributed by atoms with van der Waals surface area (Å²) >= 11 is 4.88. The minimum atomic E-state index is -0.182. The lowest BCUT2D eigenvalue weighted by Gasteiger charge is -2.13. The van der Waals surface area contributed by atoms with E-state index in [0.717, 1.165) is 35.2 Å². The van der Waals surface area contributed by atoms with Crippen LogP contribution in [0.2, 0.25) is 0 Å². The first kappa shape index (κ1) is 19.1. The summed E-state index contributed by atoms with van der Waals surface area (Å²) in [5.74, 6) is 0.725. The molecule has 1 aromatic heterocycles. The van der Waals surface area contributed by atoms with Crippen molar-refractivity contribution in [2.24, 2.45) is 0 Å². The predicted molar refractivity (Wildman–Crippen MR) is 102 cm³/mol. The van der Waals surface area contributed by atoms with Crippen molar-refractivity contribution in [3.63, 3.8) is 0 Å². The second-order valence-corrected chi connectivity index (χ2v) is 7.77. The van der Waals surface area contributed by atoms with Gasteiger partial charge in [0.2, 0.25) is 5.91 Å². The number of benzene rings is 1. The van der Waals surface area contributed by atoms with Gasteiger partial charge in [-0.25, -0.2) is 4.98 Å². The van der Waals surface area contributed by atoms with Gasteiger partial charge in [0.05, 0.1) is 21.7 Å². The fraction of sp³-hybridized carbons (Fsp3) is 0.529. The summed E-state index contributed by atoms with van der Waals surface area (Å²) in [6.07, 6.45) is 2.89. The summed E-state index contributed by atoms with van der Waals surface area (Å²) in [5.41, 5.74) is 0.849. The summed E-state index contributed by atoms with van der Waals surface area (Å²) in [6.45, 7) is 4.60. The number of anilines is 1. The monoisotopic (exact) mass is 414 g/mol. The molecule has 0 unspecified atom stereocenters. The van der Waals surface area contributed by atoms with Crippen molar-refractivity contribution in [3.05, 3.63) is 18.2 Å². The Kier molecular flexibility index (Phi) is 7.45. The molecule has 1 heterocycles. The number of fused-ring (bicyclic) bond motifs is 1. The molecule has 5 nitrogen and oxygen atoms in total. The number of hydrogen-bond acceptors (Lipinski definition) is 5. The number of thiazole rings is 1. The summed E-state index contributed by atoms with van der Waals surface area (Å²) in [5, 5.41) is 3.49. The molecule has 0 radical (unpaired) electrons. The molecule has 0 spiro atoms. The van der Waals surface area contributed by atoms with Crippen LogP contribution in [0.4, 0.5) is 5.13 Å². The SMILES string of the molecule is CCCC[C@@H](Br)C(=O)Nc1nc2ccc(O[C@H](C)COC)cc2s1. The third-order valence-corrected chi connectivity index (χ3v) is 5.23. The van der Waals surface area contributed by atoms with Gasteiger partial charge in [0.15, 0.2) is 5.13 Å². The number of nitrogens with one attached hydrogen (secondary N) is 1. The van der Waals surface area contributed by atoms with Crippen molar-refractivity contribution in [1.82, 2.24) is 4.98 Å². The average molecular weight is 415 g/mol. The van der Waals surface area contributed by atoms with E-state index in [-0.39, 0.29) is 16.8 Å². The zero-order valence-corrected chi connectivity index (χ0v) is 16.6. The highest BCUT2D eigenvalue weighted by Gasteiger charge is 2.16. The highest BCUT2D eigenvalue weighted by atomic mass is 79.9. The van der Waals surface area contributed by atoms with Crippen LogP contribution in [-0.4, -0.2) is 35.5 Å². The molecule has 1 aromatic carbocycles. The lowest BCUT2D eigenvalue weighted by molar-refractivity contribution is -0.115. The zero-order valence-electron chi connectivity index (χ0n) is 14.2. The third-order valence-electron chi connectivity index (χ3n) is 3.42. The number of ether oxygens (including phenoxy) is 2. The number of rotatable bonds is 9. The number of aromatic nitrogens is 1. The molecule has 2 aromatic rings. The van der Waals surface area contributed by atoms with E-state index in [4.69, 9.17) is 9.47 Å². The van der Waals surface area contributed by atoms with Crippen LogP contribution >= 0.6 is 27.3 Å². The molecule has 1 N–H and O–H groups in total. The summed E-state index contributed by atoms with van der Waals surface area (Å²) in [7, 11) is 1.65. The normalized spacial score (nSPS) is 13.7. The predicted octanol–water partition coefficient (Wildman–Crippen LogP) is 4.60. The lowest BCUT2D eigenvalue weighted by Crippen LogP contribution is -2.22. The second kappa shape index (κ2) is 9.34. The van der Waals surface area contributed by atoms with E-state index in [1.54, 1.807) is 7.11 Å². The minimum Gasteiger partial charge on any atom is -0.488 e. The molecule has 24 heavy (non-hydrogen) atoms. The van der Waals surface area contributed by atoms with Gasteiger partial charge in [0.1, 0.15) is 11.9 Å². The number of carbonyl (C=O) groups excluding carboxylic acids is 1. The van der Waals surface area contributed by atoms with Crippen LogP contribution in [-0.2, 0) is 9.53 Å². The molecule has 0 saturated carbocycles. The smallest absolute Gasteiger partial charge is 0.239 e. The quantitative estimate of drug-likeness (QED) is 0.608. The molecule has 2 rings (SSSR count). The zero-order chi connectivity index (χ0) is 17.5. The van der Waals surface area contributed by atoms with Gasteiger partial charge in [-0.15, -0.1) is 0 Å². The molecule has 132 valence electrons. The van der Waals surface area contributed by atoms with Crippen molar-refractivity contribution in [1.29, 1.82) is 0 Å². The number of amides is 1. The van der Waals surface area contributed by atoms with Crippen molar-refractivity contribution in [2.75, 3.05) is 19.0 Å². The van der Waals surface area contributed by atoms with E-state index < -0.39 is 0 Å². The number of alkyl halides is 1. The van der Waals surface area contributed by atoms with Gasteiger partial charge < -0.3 is 14.8 Å². The molecule has 1 amide bonds. The van der Waals surface area contributed by atoms with Gasteiger partial charge in [-0.1, -0.05) is 47.0 Å². The van der Waals surface area contributed by atoms with Crippen molar-refractivity contribution in [3.8, 4) is 5.75 Å². The molecule has 0 fully saturated rings. The third kappa shape index (κ3) is 5.43. The lowest BCUT2D eigenvalue weighted by atomic mass is 10.2. The molecule has 0 bridgehead atoms. The van der Waals surface area contributed by atoms with Crippen LogP contribution in [0.5, 0.6) is 5.75 Å². The molecular formula is C17H23BrN2O3S. The summed E-state index contributed by atoms with van der Waals surface area (Å²) in [4.78, 5) is 16.4. The number of nitrogens with zero attached hydrogens (tertiary/aromatic N) is 1. The average Bonchev–Trinajstić information content (AvgIpc) is 2.94. The molecule has 0 aliphatic heterocycles. The van der Waals surface area contributed by atoms with Crippen LogP contribution < -0.4 is 10.1 Å².